The normalized spacial score (nSPS) is 10.8. The van der Waals surface area contributed by atoms with E-state index in [0.717, 1.165) is 20.7 Å². The smallest absolute Gasteiger partial charge is 0.248 e. The number of thiazole rings is 1. The van der Waals surface area contributed by atoms with Gasteiger partial charge in [0.15, 0.2) is 0 Å². The van der Waals surface area contributed by atoms with Gasteiger partial charge in [-0.2, -0.15) is 0 Å². The summed E-state index contributed by atoms with van der Waals surface area (Å²) in [5.74, 6) is 0.284. The van der Waals surface area contributed by atoms with E-state index in [0.29, 0.717) is 10.9 Å². The number of carbonyl (C=O) groups is 1. The summed E-state index contributed by atoms with van der Waals surface area (Å²) in [5.41, 5.74) is 10.2. The highest BCUT2D eigenvalue weighted by Crippen LogP contribution is 2.30. The Labute approximate surface area is 149 Å². The Morgan fingerprint density at radius 3 is 2.50 bits per heavy atom. The molecule has 1 heterocycles. The quantitative estimate of drug-likeness (QED) is 0.523. The topological polar surface area (TPSA) is 54.0 Å². The van der Waals surface area contributed by atoms with Crippen LogP contribution in [0, 0.1) is 20.8 Å². The number of carbonyl (C=O) groups excluding carboxylic acids is 1. The van der Waals surface area contributed by atoms with Crippen LogP contribution in [0.25, 0.3) is 10.2 Å². The van der Waals surface area contributed by atoms with Gasteiger partial charge in [-0.3, -0.25) is 15.6 Å². The number of thioether (sulfide) groups is 1. The Kier molecular flexibility index (Phi) is 5.06. The summed E-state index contributed by atoms with van der Waals surface area (Å²) in [6, 6.07) is 12.3. The van der Waals surface area contributed by atoms with E-state index in [2.05, 4.69) is 34.9 Å². The minimum absolute atomic E-state index is 0.0757. The van der Waals surface area contributed by atoms with Crippen molar-refractivity contribution in [3.63, 3.8) is 0 Å². The molecular weight excluding hydrogens is 338 g/mol. The lowest BCUT2D eigenvalue weighted by Gasteiger charge is -2.05. The number of aryl methyl sites for hydroxylation is 3. The van der Waals surface area contributed by atoms with E-state index in [-0.39, 0.29) is 5.91 Å². The highest BCUT2D eigenvalue weighted by atomic mass is 32.2. The molecule has 0 unspecified atom stereocenters. The zero-order chi connectivity index (χ0) is 17.1. The third-order valence-corrected chi connectivity index (χ3v) is 5.76. The van der Waals surface area contributed by atoms with Crippen LogP contribution < -0.4 is 10.9 Å². The molecule has 0 spiro atoms. The van der Waals surface area contributed by atoms with Gasteiger partial charge in [0.1, 0.15) is 0 Å². The Morgan fingerprint density at radius 2 is 1.79 bits per heavy atom. The highest BCUT2D eigenvalue weighted by molar-refractivity contribution is 8.00. The maximum Gasteiger partial charge on any atom is 0.248 e. The number of aromatic nitrogens is 1. The number of hydrazine groups is 1. The molecule has 124 valence electrons. The maximum absolute atomic E-state index is 12.0. The number of hydrogen-bond donors (Lipinski definition) is 2. The molecule has 0 saturated carbocycles. The lowest BCUT2D eigenvalue weighted by Crippen LogP contribution is -2.30. The number of amides is 1. The van der Waals surface area contributed by atoms with Crippen molar-refractivity contribution < 1.29 is 4.79 Å². The van der Waals surface area contributed by atoms with Crippen molar-refractivity contribution in [3.05, 3.63) is 53.1 Å². The summed E-state index contributed by atoms with van der Waals surface area (Å²) in [6.45, 7) is 6.16. The van der Waals surface area contributed by atoms with Crippen LogP contribution in [0.15, 0.2) is 41.3 Å². The second-order valence-electron chi connectivity index (χ2n) is 5.67. The molecule has 3 aromatic rings. The van der Waals surface area contributed by atoms with Crippen molar-refractivity contribution in [2.45, 2.75) is 25.7 Å². The molecule has 6 heteroatoms. The van der Waals surface area contributed by atoms with E-state index in [1.54, 1.807) is 11.3 Å². The first kappa shape index (κ1) is 16.8. The SMILES string of the molecule is Cc1ccc(SCC(=O)NNc2nc3c(C)ccc(C)c3s2)cc1. The van der Waals surface area contributed by atoms with E-state index >= 15 is 0 Å². The van der Waals surface area contributed by atoms with Crippen molar-refractivity contribution in [3.8, 4) is 0 Å². The van der Waals surface area contributed by atoms with Gasteiger partial charge in [0.2, 0.25) is 11.0 Å². The molecule has 0 saturated heterocycles. The van der Waals surface area contributed by atoms with Gasteiger partial charge < -0.3 is 0 Å². The van der Waals surface area contributed by atoms with Crippen LogP contribution in [0.4, 0.5) is 5.13 Å². The molecule has 1 aromatic heterocycles. The van der Waals surface area contributed by atoms with E-state index in [4.69, 9.17) is 0 Å². The summed E-state index contributed by atoms with van der Waals surface area (Å²) in [6.07, 6.45) is 0. The van der Waals surface area contributed by atoms with Gasteiger partial charge in [0.05, 0.1) is 16.0 Å². The number of nitrogens with one attached hydrogen (secondary N) is 2. The monoisotopic (exact) mass is 357 g/mol. The predicted octanol–water partition coefficient (Wildman–Crippen LogP) is 4.46. The average Bonchev–Trinajstić information content (AvgIpc) is 3.01. The standard InChI is InChI=1S/C18H19N3OS2/c1-11-4-8-14(9-5-11)23-10-15(22)20-21-18-19-16-12(2)6-7-13(3)17(16)24-18/h4-9H,10H2,1-3H3,(H,19,21)(H,20,22). The zero-order valence-electron chi connectivity index (χ0n) is 13.8. The Bertz CT molecular complexity index is 833. The molecule has 4 nitrogen and oxygen atoms in total. The second-order valence-corrected chi connectivity index (χ2v) is 7.72. The van der Waals surface area contributed by atoms with Gasteiger partial charge in [0.25, 0.3) is 0 Å². The van der Waals surface area contributed by atoms with Gasteiger partial charge in [-0.1, -0.05) is 41.2 Å². The number of hydrogen-bond acceptors (Lipinski definition) is 5. The summed E-state index contributed by atoms with van der Waals surface area (Å²) >= 11 is 3.07. The first-order chi connectivity index (χ1) is 11.5. The summed E-state index contributed by atoms with van der Waals surface area (Å²) in [4.78, 5) is 17.6. The maximum atomic E-state index is 12.0. The van der Waals surface area contributed by atoms with E-state index < -0.39 is 0 Å². The molecular formula is C18H19N3OS2. The lowest BCUT2D eigenvalue weighted by molar-refractivity contribution is -0.118. The van der Waals surface area contributed by atoms with Gasteiger partial charge >= 0.3 is 0 Å². The molecule has 0 fully saturated rings. The predicted molar refractivity (Wildman–Crippen MR) is 103 cm³/mol. The minimum atomic E-state index is -0.0757. The van der Waals surface area contributed by atoms with Crippen molar-refractivity contribution in [1.82, 2.24) is 10.4 Å². The summed E-state index contributed by atoms with van der Waals surface area (Å²) in [5, 5.41) is 0.705. The number of nitrogens with zero attached hydrogens (tertiary/aromatic N) is 1. The Morgan fingerprint density at radius 1 is 1.08 bits per heavy atom. The van der Waals surface area contributed by atoms with Crippen LogP contribution >= 0.6 is 23.1 Å². The fraction of sp³-hybridized carbons (Fsp3) is 0.222. The van der Waals surface area contributed by atoms with Crippen molar-refractivity contribution in [2.24, 2.45) is 0 Å². The van der Waals surface area contributed by atoms with Crippen molar-refractivity contribution in [2.75, 3.05) is 11.2 Å². The summed E-state index contributed by atoms with van der Waals surface area (Å²) < 4.78 is 1.15. The van der Waals surface area contributed by atoms with Gasteiger partial charge in [-0.15, -0.1) is 11.8 Å². The molecule has 0 aliphatic carbocycles. The first-order valence-corrected chi connectivity index (χ1v) is 9.44. The Hall–Kier alpha value is -2.05. The number of fused-ring (bicyclic) bond motifs is 1. The molecule has 0 aliphatic rings. The highest BCUT2D eigenvalue weighted by Gasteiger charge is 2.09. The molecule has 24 heavy (non-hydrogen) atoms. The van der Waals surface area contributed by atoms with Crippen LogP contribution in [-0.2, 0) is 4.79 Å². The van der Waals surface area contributed by atoms with Crippen LogP contribution in [0.1, 0.15) is 16.7 Å². The van der Waals surface area contributed by atoms with Crippen LogP contribution in [0.5, 0.6) is 0 Å². The zero-order valence-corrected chi connectivity index (χ0v) is 15.5. The third kappa shape index (κ3) is 3.88. The van der Waals surface area contributed by atoms with Crippen LogP contribution in [0.2, 0.25) is 0 Å². The van der Waals surface area contributed by atoms with Gasteiger partial charge in [-0.25, -0.2) is 4.98 Å². The fourth-order valence-electron chi connectivity index (χ4n) is 2.26. The largest absolute Gasteiger partial charge is 0.273 e. The number of rotatable bonds is 5. The lowest BCUT2D eigenvalue weighted by atomic mass is 10.1. The molecule has 2 N–H and O–H groups in total. The Balaban J connectivity index is 1.57. The van der Waals surface area contributed by atoms with E-state index in [9.17, 15) is 4.79 Å². The third-order valence-electron chi connectivity index (χ3n) is 3.64. The molecule has 2 aromatic carbocycles. The van der Waals surface area contributed by atoms with Crippen molar-refractivity contribution in [1.29, 1.82) is 0 Å². The molecule has 3 rings (SSSR count). The van der Waals surface area contributed by atoms with Crippen molar-refractivity contribution >= 4 is 44.4 Å². The van der Waals surface area contributed by atoms with E-state index in [1.165, 1.54) is 22.9 Å². The second kappa shape index (κ2) is 7.23. The average molecular weight is 358 g/mol. The van der Waals surface area contributed by atoms with Crippen LogP contribution in [0.3, 0.4) is 0 Å². The molecule has 0 aliphatic heterocycles. The summed E-state index contributed by atoms with van der Waals surface area (Å²) in [7, 11) is 0. The van der Waals surface area contributed by atoms with Gasteiger partial charge in [0, 0.05) is 4.90 Å². The molecule has 0 atom stereocenters. The number of benzene rings is 2. The van der Waals surface area contributed by atoms with Gasteiger partial charge in [-0.05, 0) is 44.0 Å². The first-order valence-electron chi connectivity index (χ1n) is 7.64. The van der Waals surface area contributed by atoms with Crippen LogP contribution in [-0.4, -0.2) is 16.6 Å². The minimum Gasteiger partial charge on any atom is -0.273 e. The number of anilines is 1. The molecule has 1 amide bonds. The van der Waals surface area contributed by atoms with E-state index in [1.807, 2.05) is 38.1 Å². The molecule has 0 bridgehead atoms. The molecule has 0 radical (unpaired) electrons. The fourth-order valence-corrected chi connectivity index (χ4v) is 3.92.